The Kier molecular flexibility index (Phi) is 6.32. The maximum absolute atomic E-state index is 11.6. The molecule has 7 heteroatoms. The van der Waals surface area contributed by atoms with Crippen molar-refractivity contribution >= 4 is 5.91 Å². The topological polar surface area (TPSA) is 68.6 Å². The molecule has 3 rings (SSSR count). The molecule has 0 aromatic carbocycles. The monoisotopic (exact) mass is 364 g/mol. The van der Waals surface area contributed by atoms with Crippen molar-refractivity contribution in [2.75, 3.05) is 33.4 Å². The molecule has 0 radical (unpaired) electrons. The molecule has 1 amide bonds. The number of methoxy groups -OCH3 is 1. The maximum Gasteiger partial charge on any atom is 0.246 e. The van der Waals surface area contributed by atoms with E-state index >= 15 is 0 Å². The van der Waals surface area contributed by atoms with E-state index in [2.05, 4.69) is 39.9 Å². The van der Waals surface area contributed by atoms with Gasteiger partial charge < -0.3 is 14.8 Å². The molecule has 1 atom stereocenters. The summed E-state index contributed by atoms with van der Waals surface area (Å²) >= 11 is 0. The summed E-state index contributed by atoms with van der Waals surface area (Å²) in [5, 5.41) is 7.50. The van der Waals surface area contributed by atoms with E-state index in [1.165, 1.54) is 12.8 Å². The van der Waals surface area contributed by atoms with Crippen molar-refractivity contribution in [3.63, 3.8) is 0 Å². The molecule has 3 heterocycles. The van der Waals surface area contributed by atoms with Gasteiger partial charge in [0.25, 0.3) is 0 Å². The largest absolute Gasteiger partial charge is 0.376 e. The number of nitrogens with zero attached hydrogens (tertiary/aromatic N) is 3. The molecular formula is C19H32N4O3. The quantitative estimate of drug-likeness (QED) is 0.830. The van der Waals surface area contributed by atoms with Crippen molar-refractivity contribution in [2.24, 2.45) is 5.92 Å². The molecule has 146 valence electrons. The van der Waals surface area contributed by atoms with E-state index in [9.17, 15) is 4.79 Å². The van der Waals surface area contributed by atoms with Gasteiger partial charge in [0.1, 0.15) is 6.61 Å². The third-order valence-corrected chi connectivity index (χ3v) is 5.20. The molecule has 1 aromatic heterocycles. The van der Waals surface area contributed by atoms with Crippen LogP contribution in [-0.2, 0) is 33.9 Å². The minimum absolute atomic E-state index is 0.00409. The zero-order valence-electron chi connectivity index (χ0n) is 16.3. The van der Waals surface area contributed by atoms with Gasteiger partial charge in [-0.2, -0.15) is 5.10 Å². The average Bonchev–Trinajstić information content (AvgIpc) is 2.85. The van der Waals surface area contributed by atoms with Gasteiger partial charge in [-0.3, -0.25) is 14.4 Å². The van der Waals surface area contributed by atoms with Crippen LogP contribution in [0.25, 0.3) is 0 Å². The first-order chi connectivity index (χ1) is 12.4. The Morgan fingerprint density at radius 1 is 1.46 bits per heavy atom. The van der Waals surface area contributed by atoms with Gasteiger partial charge in [0.15, 0.2) is 0 Å². The fourth-order valence-corrected chi connectivity index (χ4v) is 4.08. The SMILES string of the molecule is COCC(=O)NCc1cc2n(n1)CCCN(C[C@@H]1CCOC(C)(C)C1)C2. The van der Waals surface area contributed by atoms with Crippen LogP contribution in [0.5, 0.6) is 0 Å². The summed E-state index contributed by atoms with van der Waals surface area (Å²) in [4.78, 5) is 14.1. The van der Waals surface area contributed by atoms with Crippen LogP contribution in [0.2, 0.25) is 0 Å². The van der Waals surface area contributed by atoms with Crippen molar-refractivity contribution in [1.82, 2.24) is 20.0 Å². The smallest absolute Gasteiger partial charge is 0.246 e. The molecule has 1 fully saturated rings. The first-order valence-corrected chi connectivity index (χ1v) is 9.63. The summed E-state index contributed by atoms with van der Waals surface area (Å²) in [6.07, 6.45) is 3.38. The Labute approximate surface area is 156 Å². The summed E-state index contributed by atoms with van der Waals surface area (Å²) in [6, 6.07) is 2.12. The minimum atomic E-state index is -0.112. The van der Waals surface area contributed by atoms with Gasteiger partial charge in [0.2, 0.25) is 5.91 Å². The summed E-state index contributed by atoms with van der Waals surface area (Å²) in [6.45, 7) is 9.91. The van der Waals surface area contributed by atoms with Crippen LogP contribution in [-0.4, -0.2) is 59.6 Å². The van der Waals surface area contributed by atoms with E-state index in [-0.39, 0.29) is 18.1 Å². The molecule has 2 aliphatic rings. The lowest BCUT2D eigenvalue weighted by atomic mass is 9.88. The van der Waals surface area contributed by atoms with Crippen molar-refractivity contribution in [1.29, 1.82) is 0 Å². The highest BCUT2D eigenvalue weighted by Crippen LogP contribution is 2.29. The molecule has 0 saturated carbocycles. The molecule has 1 N–H and O–H groups in total. The number of aromatic nitrogens is 2. The predicted octanol–water partition coefficient (Wildman–Crippen LogP) is 1.56. The number of ether oxygens (including phenoxy) is 2. The lowest BCUT2D eigenvalue weighted by Gasteiger charge is -2.37. The zero-order chi connectivity index (χ0) is 18.6. The Balaban J connectivity index is 1.56. The average molecular weight is 364 g/mol. The molecule has 1 aromatic rings. The number of hydrogen-bond acceptors (Lipinski definition) is 5. The minimum Gasteiger partial charge on any atom is -0.376 e. The van der Waals surface area contributed by atoms with E-state index in [1.54, 1.807) is 0 Å². The number of nitrogens with one attached hydrogen (secondary N) is 1. The number of fused-ring (bicyclic) bond motifs is 1. The Hall–Kier alpha value is -1.44. The van der Waals surface area contributed by atoms with Gasteiger partial charge in [0, 0.05) is 39.9 Å². The van der Waals surface area contributed by atoms with Crippen LogP contribution in [0.4, 0.5) is 0 Å². The van der Waals surface area contributed by atoms with Gasteiger partial charge in [-0.15, -0.1) is 0 Å². The zero-order valence-corrected chi connectivity index (χ0v) is 16.3. The van der Waals surface area contributed by atoms with E-state index in [0.717, 1.165) is 57.7 Å². The highest BCUT2D eigenvalue weighted by Gasteiger charge is 2.30. The normalized spacial score (nSPS) is 23.3. The van der Waals surface area contributed by atoms with E-state index in [0.29, 0.717) is 12.5 Å². The van der Waals surface area contributed by atoms with Crippen LogP contribution in [0.15, 0.2) is 6.07 Å². The van der Waals surface area contributed by atoms with Crippen LogP contribution < -0.4 is 5.32 Å². The molecule has 7 nitrogen and oxygen atoms in total. The first-order valence-electron chi connectivity index (χ1n) is 9.63. The van der Waals surface area contributed by atoms with Gasteiger partial charge in [-0.25, -0.2) is 0 Å². The summed E-state index contributed by atoms with van der Waals surface area (Å²) in [7, 11) is 1.52. The van der Waals surface area contributed by atoms with Crippen molar-refractivity contribution in [2.45, 2.75) is 58.3 Å². The van der Waals surface area contributed by atoms with Crippen LogP contribution in [0.3, 0.4) is 0 Å². The predicted molar refractivity (Wildman–Crippen MR) is 98.6 cm³/mol. The molecule has 26 heavy (non-hydrogen) atoms. The number of rotatable bonds is 6. The summed E-state index contributed by atoms with van der Waals surface area (Å²) < 4.78 is 12.8. The first kappa shape index (κ1) is 19.3. The fourth-order valence-electron chi connectivity index (χ4n) is 4.08. The standard InChI is InChI=1S/C19H32N4O3/c1-19(2)10-15(5-8-26-19)12-22-6-4-7-23-17(13-22)9-16(21-23)11-20-18(24)14-25-3/h9,15H,4-8,10-14H2,1-3H3,(H,20,24)/t15-/m1/s1. The van der Waals surface area contributed by atoms with Gasteiger partial charge >= 0.3 is 0 Å². The van der Waals surface area contributed by atoms with Gasteiger partial charge in [-0.1, -0.05) is 0 Å². The third kappa shape index (κ3) is 5.28. The van der Waals surface area contributed by atoms with Gasteiger partial charge in [0.05, 0.1) is 23.5 Å². The second-order valence-corrected chi connectivity index (χ2v) is 8.12. The summed E-state index contributed by atoms with van der Waals surface area (Å²) in [5.74, 6) is 0.584. The molecule has 0 spiro atoms. The van der Waals surface area contributed by atoms with Gasteiger partial charge in [-0.05, 0) is 45.1 Å². The molecule has 0 bridgehead atoms. The molecule has 2 aliphatic heterocycles. The Bertz CT molecular complexity index is 614. The summed E-state index contributed by atoms with van der Waals surface area (Å²) in [5.41, 5.74) is 2.16. The number of aryl methyl sites for hydroxylation is 1. The molecule has 0 unspecified atom stereocenters. The number of carbonyl (C=O) groups excluding carboxylic acids is 1. The van der Waals surface area contributed by atoms with Crippen LogP contribution >= 0.6 is 0 Å². The molecular weight excluding hydrogens is 332 g/mol. The number of amides is 1. The lowest BCUT2D eigenvalue weighted by molar-refractivity contribution is -0.124. The Morgan fingerprint density at radius 3 is 3.08 bits per heavy atom. The van der Waals surface area contributed by atoms with E-state index < -0.39 is 0 Å². The highest BCUT2D eigenvalue weighted by atomic mass is 16.5. The van der Waals surface area contributed by atoms with Crippen molar-refractivity contribution in [3.05, 3.63) is 17.5 Å². The fraction of sp³-hybridized carbons (Fsp3) is 0.789. The van der Waals surface area contributed by atoms with E-state index in [4.69, 9.17) is 9.47 Å². The Morgan fingerprint density at radius 2 is 2.31 bits per heavy atom. The third-order valence-electron chi connectivity index (χ3n) is 5.20. The second kappa shape index (κ2) is 8.50. The van der Waals surface area contributed by atoms with Crippen molar-refractivity contribution < 1.29 is 14.3 Å². The number of hydrogen-bond donors (Lipinski definition) is 1. The highest BCUT2D eigenvalue weighted by molar-refractivity contribution is 5.77. The van der Waals surface area contributed by atoms with Crippen LogP contribution in [0.1, 0.15) is 44.5 Å². The molecule has 0 aliphatic carbocycles. The number of carbonyl (C=O) groups is 1. The lowest BCUT2D eigenvalue weighted by Crippen LogP contribution is -2.39. The van der Waals surface area contributed by atoms with Crippen LogP contribution in [0, 0.1) is 5.92 Å². The molecule has 1 saturated heterocycles. The van der Waals surface area contributed by atoms with E-state index in [1.807, 2.05) is 0 Å². The maximum atomic E-state index is 11.6. The van der Waals surface area contributed by atoms with Crippen molar-refractivity contribution in [3.8, 4) is 0 Å². The second-order valence-electron chi connectivity index (χ2n) is 8.12.